The Morgan fingerprint density at radius 1 is 1.23 bits per heavy atom. The Balaban J connectivity index is 1.81. The molecule has 0 spiro atoms. The summed E-state index contributed by atoms with van der Waals surface area (Å²) in [5.74, 6) is -0.351. The molecule has 22 heavy (non-hydrogen) atoms. The molecule has 1 aromatic rings. The normalized spacial score (nSPS) is 17.5. The van der Waals surface area contributed by atoms with Gasteiger partial charge in [0.1, 0.15) is 6.04 Å². The Labute approximate surface area is 132 Å². The fourth-order valence-corrected chi connectivity index (χ4v) is 2.67. The van der Waals surface area contributed by atoms with Gasteiger partial charge in [0.05, 0.1) is 0 Å². The van der Waals surface area contributed by atoms with E-state index in [-0.39, 0.29) is 25.3 Å². The molecule has 1 aromatic carbocycles. The molecular formula is C15H18ClF3N2O. The van der Waals surface area contributed by atoms with Crippen molar-refractivity contribution in [3.63, 3.8) is 0 Å². The maximum Gasteiger partial charge on any atom is 0.405 e. The number of amides is 1. The Morgan fingerprint density at radius 3 is 2.45 bits per heavy atom. The van der Waals surface area contributed by atoms with E-state index in [1.54, 1.807) is 12.1 Å². The van der Waals surface area contributed by atoms with E-state index in [1.807, 2.05) is 12.1 Å². The van der Waals surface area contributed by atoms with Gasteiger partial charge >= 0.3 is 6.18 Å². The highest BCUT2D eigenvalue weighted by Crippen LogP contribution is 2.29. The molecule has 1 aliphatic heterocycles. The number of halogens is 4. The van der Waals surface area contributed by atoms with Crippen LogP contribution in [0.25, 0.3) is 0 Å². The second-order valence-electron chi connectivity index (χ2n) is 5.41. The molecule has 1 atom stereocenters. The van der Waals surface area contributed by atoms with Gasteiger partial charge in [-0.25, -0.2) is 5.01 Å². The molecule has 1 saturated heterocycles. The molecule has 0 aromatic heterocycles. The number of rotatable bonds is 6. The average Bonchev–Trinajstić information content (AvgIpc) is 2.85. The van der Waals surface area contributed by atoms with E-state index in [9.17, 15) is 18.0 Å². The maximum atomic E-state index is 13.1. The molecule has 1 fully saturated rings. The Hall–Kier alpha value is -1.27. The first-order valence-corrected chi connectivity index (χ1v) is 7.61. The summed E-state index contributed by atoms with van der Waals surface area (Å²) in [5.41, 5.74) is 3.34. The largest absolute Gasteiger partial charge is 0.405 e. The first-order chi connectivity index (χ1) is 10.4. The van der Waals surface area contributed by atoms with E-state index in [0.29, 0.717) is 24.3 Å². The second kappa shape index (κ2) is 7.33. The topological polar surface area (TPSA) is 32.3 Å². The van der Waals surface area contributed by atoms with Crippen LogP contribution in [0, 0.1) is 0 Å². The summed E-state index contributed by atoms with van der Waals surface area (Å²) in [6.45, 7) is 0.111. The average molecular weight is 335 g/mol. The number of benzene rings is 1. The highest BCUT2D eigenvalue weighted by Gasteiger charge is 2.45. The molecule has 2 rings (SSSR count). The first-order valence-electron chi connectivity index (χ1n) is 7.23. The van der Waals surface area contributed by atoms with Crippen molar-refractivity contribution in [3.05, 3.63) is 34.9 Å². The number of hydrazine groups is 1. The monoisotopic (exact) mass is 334 g/mol. The van der Waals surface area contributed by atoms with E-state index in [4.69, 9.17) is 11.6 Å². The molecule has 1 aliphatic rings. The molecule has 1 N–H and O–H groups in total. The molecule has 1 amide bonds. The number of carbonyl (C=O) groups is 1. The van der Waals surface area contributed by atoms with Gasteiger partial charge in [-0.2, -0.15) is 13.2 Å². The van der Waals surface area contributed by atoms with Crippen molar-refractivity contribution in [1.29, 1.82) is 0 Å². The van der Waals surface area contributed by atoms with Crippen molar-refractivity contribution < 1.29 is 18.0 Å². The molecular weight excluding hydrogens is 317 g/mol. The van der Waals surface area contributed by atoms with E-state index in [2.05, 4.69) is 5.43 Å². The van der Waals surface area contributed by atoms with Crippen LogP contribution in [0.4, 0.5) is 13.2 Å². The van der Waals surface area contributed by atoms with Crippen LogP contribution in [-0.2, 0) is 11.2 Å². The van der Waals surface area contributed by atoms with Crippen LogP contribution in [0.3, 0.4) is 0 Å². The molecule has 0 saturated carbocycles. The number of nitrogens with zero attached hydrogens (tertiary/aromatic N) is 1. The third kappa shape index (κ3) is 4.88. The third-order valence-corrected chi connectivity index (χ3v) is 3.96. The van der Waals surface area contributed by atoms with Crippen LogP contribution in [0.1, 0.15) is 31.2 Å². The highest BCUT2D eigenvalue weighted by atomic mass is 35.5. The smallest absolute Gasteiger partial charge is 0.288 e. The van der Waals surface area contributed by atoms with E-state index in [0.717, 1.165) is 10.6 Å². The van der Waals surface area contributed by atoms with Gasteiger partial charge in [-0.05, 0) is 37.0 Å². The Morgan fingerprint density at radius 2 is 1.91 bits per heavy atom. The van der Waals surface area contributed by atoms with Crippen LogP contribution >= 0.6 is 11.6 Å². The lowest BCUT2D eigenvalue weighted by atomic mass is 10.0. The van der Waals surface area contributed by atoms with Crippen molar-refractivity contribution in [2.75, 3.05) is 6.54 Å². The lowest BCUT2D eigenvalue weighted by Crippen LogP contribution is -2.49. The summed E-state index contributed by atoms with van der Waals surface area (Å²) in [6, 6.07) is 5.70. The van der Waals surface area contributed by atoms with Gasteiger partial charge in [-0.3, -0.25) is 10.2 Å². The van der Waals surface area contributed by atoms with E-state index < -0.39 is 12.2 Å². The predicted molar refractivity (Wildman–Crippen MR) is 78.3 cm³/mol. The third-order valence-electron chi connectivity index (χ3n) is 3.71. The predicted octanol–water partition coefficient (Wildman–Crippen LogP) is 3.72. The molecule has 1 unspecified atom stereocenters. The molecule has 122 valence electrons. The fourth-order valence-electron chi connectivity index (χ4n) is 2.54. The zero-order valence-electron chi connectivity index (χ0n) is 12.0. The first kappa shape index (κ1) is 17.1. The number of aryl methyl sites for hydroxylation is 1. The van der Waals surface area contributed by atoms with Gasteiger partial charge < -0.3 is 0 Å². The SMILES string of the molecule is O=C1CCN(C(CCCCc2ccc(Cl)cc2)C(F)(F)F)N1. The molecule has 0 bridgehead atoms. The molecule has 0 radical (unpaired) electrons. The van der Waals surface area contributed by atoms with E-state index in [1.165, 1.54) is 0 Å². The number of carbonyl (C=O) groups excluding carboxylic acids is 1. The van der Waals surface area contributed by atoms with Crippen molar-refractivity contribution in [3.8, 4) is 0 Å². The van der Waals surface area contributed by atoms with E-state index >= 15 is 0 Å². The number of unbranched alkanes of at least 4 members (excludes halogenated alkanes) is 1. The van der Waals surface area contributed by atoms with Crippen LogP contribution in [0.5, 0.6) is 0 Å². The van der Waals surface area contributed by atoms with Gasteiger partial charge in [0.25, 0.3) is 0 Å². The Kier molecular flexibility index (Phi) is 5.69. The van der Waals surface area contributed by atoms with Gasteiger partial charge in [0.2, 0.25) is 5.91 Å². The van der Waals surface area contributed by atoms with Crippen molar-refractivity contribution in [2.45, 2.75) is 44.3 Å². The van der Waals surface area contributed by atoms with Gasteiger partial charge in [-0.1, -0.05) is 30.2 Å². The van der Waals surface area contributed by atoms with Gasteiger partial charge in [0.15, 0.2) is 0 Å². The molecule has 0 aliphatic carbocycles. The Bertz CT molecular complexity index is 505. The lowest BCUT2D eigenvalue weighted by molar-refractivity contribution is -0.190. The molecule has 7 heteroatoms. The zero-order chi connectivity index (χ0) is 16.2. The summed E-state index contributed by atoms with van der Waals surface area (Å²) in [5, 5.41) is 1.66. The number of hydrogen-bond acceptors (Lipinski definition) is 2. The fraction of sp³-hybridized carbons (Fsp3) is 0.533. The standard InChI is InChI=1S/C15H18ClF3N2O/c16-12-7-5-11(6-8-12)3-1-2-4-13(15(17,18)19)21-10-9-14(22)20-21/h5-8,13H,1-4,9-10H2,(H,20,22). The highest BCUT2D eigenvalue weighted by molar-refractivity contribution is 6.30. The quantitative estimate of drug-likeness (QED) is 0.804. The van der Waals surface area contributed by atoms with Crippen LogP contribution in [0.15, 0.2) is 24.3 Å². The summed E-state index contributed by atoms with van der Waals surface area (Å²) in [4.78, 5) is 11.1. The minimum Gasteiger partial charge on any atom is -0.288 e. The molecule has 3 nitrogen and oxygen atoms in total. The minimum absolute atomic E-state index is 0.0165. The second-order valence-corrected chi connectivity index (χ2v) is 5.84. The summed E-state index contributed by atoms with van der Waals surface area (Å²) in [7, 11) is 0. The van der Waals surface area contributed by atoms with Gasteiger partial charge in [0, 0.05) is 18.0 Å². The number of nitrogens with one attached hydrogen (secondary N) is 1. The molecule has 1 heterocycles. The summed E-state index contributed by atoms with van der Waals surface area (Å²) < 4.78 is 39.3. The van der Waals surface area contributed by atoms with Gasteiger partial charge in [-0.15, -0.1) is 0 Å². The lowest BCUT2D eigenvalue weighted by Gasteiger charge is -2.28. The minimum atomic E-state index is -4.34. The van der Waals surface area contributed by atoms with Crippen LogP contribution < -0.4 is 5.43 Å². The van der Waals surface area contributed by atoms with Crippen LogP contribution in [0.2, 0.25) is 5.02 Å². The summed E-state index contributed by atoms with van der Waals surface area (Å²) >= 11 is 5.78. The van der Waals surface area contributed by atoms with Crippen molar-refractivity contribution >= 4 is 17.5 Å². The van der Waals surface area contributed by atoms with Crippen LogP contribution in [-0.4, -0.2) is 29.7 Å². The van der Waals surface area contributed by atoms with Crippen molar-refractivity contribution in [1.82, 2.24) is 10.4 Å². The zero-order valence-corrected chi connectivity index (χ0v) is 12.8. The number of alkyl halides is 3. The summed E-state index contributed by atoms with van der Waals surface area (Å²) in [6.07, 6.45) is -2.41. The number of hydrogen-bond donors (Lipinski definition) is 1. The maximum absolute atomic E-state index is 13.1. The van der Waals surface area contributed by atoms with Crippen molar-refractivity contribution in [2.24, 2.45) is 0 Å².